The van der Waals surface area contributed by atoms with Gasteiger partial charge in [0.05, 0.1) is 10.5 Å². The van der Waals surface area contributed by atoms with Gasteiger partial charge in [-0.05, 0) is 12.1 Å². The molecule has 0 saturated heterocycles. The van der Waals surface area contributed by atoms with Crippen molar-refractivity contribution in [3.8, 4) is 0 Å². The number of benzene rings is 1. The first-order valence-corrected chi connectivity index (χ1v) is 4.18. The Labute approximate surface area is 80.2 Å². The lowest BCUT2D eigenvalue weighted by Gasteiger charge is -1.98. The maximum absolute atomic E-state index is 10.5. The van der Waals surface area contributed by atoms with E-state index >= 15 is 0 Å². The van der Waals surface area contributed by atoms with Crippen LogP contribution in [0.2, 0.25) is 5.02 Å². The van der Waals surface area contributed by atoms with Crippen LogP contribution in [-0.2, 0) is 0 Å². The van der Waals surface area contributed by atoms with E-state index in [-0.39, 0.29) is 0 Å². The number of aldehydes is 1. The lowest BCUT2D eigenvalue weighted by atomic mass is 10.2. The van der Waals surface area contributed by atoms with Crippen molar-refractivity contribution in [2.75, 3.05) is 0 Å². The van der Waals surface area contributed by atoms with Crippen molar-refractivity contribution >= 4 is 28.8 Å². The molecule has 2 rings (SSSR count). The zero-order valence-corrected chi connectivity index (χ0v) is 7.45. The number of pyridine rings is 1. The van der Waals surface area contributed by atoms with Crippen LogP contribution >= 0.6 is 11.6 Å². The molecule has 1 aromatic carbocycles. The number of carbonyl (C=O) groups excluding carboxylic acids is 1. The Kier molecular flexibility index (Phi) is 1.99. The first kappa shape index (κ1) is 8.20. The normalized spacial score (nSPS) is 10.2. The summed E-state index contributed by atoms with van der Waals surface area (Å²) in [4.78, 5) is 14.6. The number of carbonyl (C=O) groups is 1. The van der Waals surface area contributed by atoms with E-state index in [2.05, 4.69) is 4.98 Å². The predicted molar refractivity (Wildman–Crippen MR) is 52.1 cm³/mol. The van der Waals surface area contributed by atoms with Gasteiger partial charge in [-0.1, -0.05) is 23.7 Å². The van der Waals surface area contributed by atoms with E-state index in [1.165, 1.54) is 6.20 Å². The summed E-state index contributed by atoms with van der Waals surface area (Å²) in [7, 11) is 0. The number of aromatic nitrogens is 1. The average Bonchev–Trinajstić information content (AvgIpc) is 2.18. The number of rotatable bonds is 1. The molecule has 0 spiro atoms. The minimum atomic E-state index is 0.565. The fourth-order valence-corrected chi connectivity index (χ4v) is 1.44. The van der Waals surface area contributed by atoms with Gasteiger partial charge in [0.15, 0.2) is 6.29 Å². The summed E-state index contributed by atoms with van der Waals surface area (Å²) in [5.41, 5.74) is 1.30. The van der Waals surface area contributed by atoms with Gasteiger partial charge in [0.1, 0.15) is 0 Å². The third kappa shape index (κ3) is 1.40. The second-order valence-corrected chi connectivity index (χ2v) is 3.11. The van der Waals surface area contributed by atoms with Crippen LogP contribution in [0.4, 0.5) is 0 Å². The van der Waals surface area contributed by atoms with Crippen molar-refractivity contribution in [1.82, 2.24) is 4.98 Å². The van der Waals surface area contributed by atoms with E-state index in [4.69, 9.17) is 11.6 Å². The van der Waals surface area contributed by atoms with E-state index in [1.54, 1.807) is 12.1 Å². The van der Waals surface area contributed by atoms with Gasteiger partial charge >= 0.3 is 0 Å². The molecule has 1 aromatic heterocycles. The monoisotopic (exact) mass is 191 g/mol. The molecule has 13 heavy (non-hydrogen) atoms. The Morgan fingerprint density at radius 2 is 2.23 bits per heavy atom. The third-order valence-electron chi connectivity index (χ3n) is 1.82. The fraction of sp³-hybridized carbons (Fsp3) is 0. The van der Waals surface area contributed by atoms with E-state index in [1.807, 2.05) is 12.1 Å². The number of halogens is 1. The lowest BCUT2D eigenvalue weighted by molar-refractivity contribution is 0.112. The predicted octanol–water partition coefficient (Wildman–Crippen LogP) is 2.70. The molecule has 0 radical (unpaired) electrons. The number of nitrogens with zero attached hydrogens (tertiary/aromatic N) is 1. The molecule has 0 saturated carbocycles. The number of hydrogen-bond acceptors (Lipinski definition) is 2. The van der Waals surface area contributed by atoms with Crippen molar-refractivity contribution in [1.29, 1.82) is 0 Å². The highest BCUT2D eigenvalue weighted by atomic mass is 35.5. The molecule has 1 heterocycles. The Morgan fingerprint density at radius 1 is 1.38 bits per heavy atom. The summed E-state index contributed by atoms with van der Waals surface area (Å²) in [5.74, 6) is 0. The van der Waals surface area contributed by atoms with Gasteiger partial charge in [0, 0.05) is 17.1 Å². The van der Waals surface area contributed by atoms with Crippen LogP contribution in [0.1, 0.15) is 10.4 Å². The number of para-hydroxylation sites is 1. The molecular weight excluding hydrogens is 186 g/mol. The summed E-state index contributed by atoms with van der Waals surface area (Å²) in [5, 5.41) is 1.49. The highest BCUT2D eigenvalue weighted by Gasteiger charge is 1.99. The van der Waals surface area contributed by atoms with E-state index in [0.717, 1.165) is 17.2 Å². The number of fused-ring (bicyclic) bond motifs is 1. The summed E-state index contributed by atoms with van der Waals surface area (Å²) < 4.78 is 0. The highest BCUT2D eigenvalue weighted by Crippen LogP contribution is 2.20. The largest absolute Gasteiger partial charge is 0.298 e. The summed E-state index contributed by atoms with van der Waals surface area (Å²) in [6, 6.07) is 7.25. The zero-order valence-electron chi connectivity index (χ0n) is 6.70. The Morgan fingerprint density at radius 3 is 3.00 bits per heavy atom. The van der Waals surface area contributed by atoms with Crippen molar-refractivity contribution in [2.24, 2.45) is 0 Å². The molecular formula is C10H6ClNO. The van der Waals surface area contributed by atoms with Crippen molar-refractivity contribution in [3.63, 3.8) is 0 Å². The second-order valence-electron chi connectivity index (χ2n) is 2.70. The molecule has 0 bridgehead atoms. The summed E-state index contributed by atoms with van der Waals surface area (Å²) in [6.07, 6.45) is 2.29. The van der Waals surface area contributed by atoms with E-state index < -0.39 is 0 Å². The zero-order chi connectivity index (χ0) is 9.26. The SMILES string of the molecule is O=Cc1cnc2c(Cl)cccc2c1. The van der Waals surface area contributed by atoms with Crippen molar-refractivity contribution in [2.45, 2.75) is 0 Å². The van der Waals surface area contributed by atoms with Gasteiger partial charge in [-0.15, -0.1) is 0 Å². The Balaban J connectivity index is 2.79. The minimum Gasteiger partial charge on any atom is -0.298 e. The van der Waals surface area contributed by atoms with Gasteiger partial charge < -0.3 is 0 Å². The molecule has 0 N–H and O–H groups in total. The molecule has 2 nitrogen and oxygen atoms in total. The van der Waals surface area contributed by atoms with Crippen LogP contribution in [0.15, 0.2) is 30.5 Å². The summed E-state index contributed by atoms with van der Waals surface area (Å²) in [6.45, 7) is 0. The molecule has 3 heteroatoms. The van der Waals surface area contributed by atoms with Gasteiger partial charge in [-0.2, -0.15) is 0 Å². The minimum absolute atomic E-state index is 0.565. The van der Waals surface area contributed by atoms with Crippen LogP contribution < -0.4 is 0 Å². The molecule has 0 aliphatic heterocycles. The third-order valence-corrected chi connectivity index (χ3v) is 2.12. The standard InChI is InChI=1S/C10H6ClNO/c11-9-3-1-2-8-4-7(6-13)5-12-10(8)9/h1-6H. The maximum atomic E-state index is 10.5. The van der Waals surface area contributed by atoms with Gasteiger partial charge in [-0.3, -0.25) is 9.78 Å². The first-order valence-electron chi connectivity index (χ1n) is 3.81. The molecule has 0 amide bonds. The molecule has 0 atom stereocenters. The van der Waals surface area contributed by atoms with E-state index in [9.17, 15) is 4.79 Å². The van der Waals surface area contributed by atoms with Crippen LogP contribution in [0.3, 0.4) is 0 Å². The van der Waals surface area contributed by atoms with Gasteiger partial charge in [-0.25, -0.2) is 0 Å². The number of hydrogen-bond donors (Lipinski definition) is 0. The quantitative estimate of drug-likeness (QED) is 0.649. The maximum Gasteiger partial charge on any atom is 0.151 e. The average molecular weight is 192 g/mol. The molecule has 64 valence electrons. The smallest absolute Gasteiger partial charge is 0.151 e. The van der Waals surface area contributed by atoms with E-state index in [0.29, 0.717) is 10.6 Å². The van der Waals surface area contributed by atoms with Crippen molar-refractivity contribution in [3.05, 3.63) is 41.0 Å². The first-order chi connectivity index (χ1) is 6.31. The molecule has 0 unspecified atom stereocenters. The van der Waals surface area contributed by atoms with Gasteiger partial charge in [0.25, 0.3) is 0 Å². The van der Waals surface area contributed by atoms with Crippen LogP contribution in [0, 0.1) is 0 Å². The molecule has 0 fully saturated rings. The topological polar surface area (TPSA) is 30.0 Å². The van der Waals surface area contributed by atoms with Crippen molar-refractivity contribution < 1.29 is 4.79 Å². The van der Waals surface area contributed by atoms with Crippen LogP contribution in [0.5, 0.6) is 0 Å². The fourth-order valence-electron chi connectivity index (χ4n) is 1.21. The van der Waals surface area contributed by atoms with Gasteiger partial charge in [0.2, 0.25) is 0 Å². The molecule has 0 aliphatic carbocycles. The Hall–Kier alpha value is -1.41. The Bertz CT molecular complexity index is 467. The lowest BCUT2D eigenvalue weighted by Crippen LogP contribution is -1.84. The highest BCUT2D eigenvalue weighted by molar-refractivity contribution is 6.35. The molecule has 2 aromatic rings. The molecule has 0 aliphatic rings. The summed E-state index contributed by atoms with van der Waals surface area (Å²) >= 11 is 5.90. The van der Waals surface area contributed by atoms with Crippen LogP contribution in [0.25, 0.3) is 10.9 Å². The second kappa shape index (κ2) is 3.15. The van der Waals surface area contributed by atoms with Crippen LogP contribution in [-0.4, -0.2) is 11.3 Å².